The molecule has 4 heteroatoms. The molecule has 56 valence electrons. The fourth-order valence-electron chi connectivity index (χ4n) is 0.651. The third kappa shape index (κ3) is 1.76. The molecule has 0 amide bonds. The van der Waals surface area contributed by atoms with E-state index < -0.39 is 0 Å². The quantitative estimate of drug-likeness (QED) is 0.661. The van der Waals surface area contributed by atoms with E-state index in [4.69, 9.17) is 10.2 Å². The number of aliphatic hydroxyl groups is 2. The summed E-state index contributed by atoms with van der Waals surface area (Å²) in [4.78, 5) is 4.03. The van der Waals surface area contributed by atoms with Crippen LogP contribution in [-0.2, 0) is 13.0 Å². The van der Waals surface area contributed by atoms with Gasteiger partial charge in [-0.25, -0.2) is 4.98 Å². The molecular formula is C6H9NO2S. The van der Waals surface area contributed by atoms with Gasteiger partial charge in [0.2, 0.25) is 0 Å². The Balaban J connectivity index is 2.59. The summed E-state index contributed by atoms with van der Waals surface area (Å²) in [5, 5.41) is 19.7. The number of hydrogen-bond acceptors (Lipinski definition) is 4. The highest BCUT2D eigenvalue weighted by Gasteiger charge is 1.98. The van der Waals surface area contributed by atoms with E-state index in [0.717, 1.165) is 5.69 Å². The van der Waals surface area contributed by atoms with Gasteiger partial charge in [0, 0.05) is 18.4 Å². The standard InChI is InChI=1S/C6H9NO2S/c8-2-1-5-4-10-6(3-9)7-5/h4,8-9H,1-3H2. The number of hydrogen-bond donors (Lipinski definition) is 2. The van der Waals surface area contributed by atoms with Crippen molar-refractivity contribution in [3.8, 4) is 0 Å². The lowest BCUT2D eigenvalue weighted by Crippen LogP contribution is -1.91. The van der Waals surface area contributed by atoms with Crippen LogP contribution in [0, 0.1) is 0 Å². The van der Waals surface area contributed by atoms with Crippen molar-refractivity contribution < 1.29 is 10.2 Å². The van der Waals surface area contributed by atoms with E-state index in [1.165, 1.54) is 11.3 Å². The summed E-state index contributed by atoms with van der Waals surface area (Å²) in [5.41, 5.74) is 0.858. The van der Waals surface area contributed by atoms with Gasteiger partial charge in [0.1, 0.15) is 5.01 Å². The van der Waals surface area contributed by atoms with E-state index in [-0.39, 0.29) is 13.2 Å². The van der Waals surface area contributed by atoms with E-state index in [9.17, 15) is 0 Å². The highest BCUT2D eigenvalue weighted by atomic mass is 32.1. The van der Waals surface area contributed by atoms with Crippen molar-refractivity contribution in [1.29, 1.82) is 0 Å². The SMILES string of the molecule is OCCc1csc(CO)n1. The zero-order valence-electron chi connectivity index (χ0n) is 5.45. The van der Waals surface area contributed by atoms with Crippen LogP contribution in [0.3, 0.4) is 0 Å². The van der Waals surface area contributed by atoms with Crippen molar-refractivity contribution in [2.45, 2.75) is 13.0 Å². The molecule has 0 unspecified atom stereocenters. The summed E-state index contributed by atoms with van der Waals surface area (Å²) < 4.78 is 0. The summed E-state index contributed by atoms with van der Waals surface area (Å²) in [6.07, 6.45) is 0.580. The van der Waals surface area contributed by atoms with Gasteiger partial charge < -0.3 is 10.2 Å². The second kappa shape index (κ2) is 3.65. The van der Waals surface area contributed by atoms with Gasteiger partial charge in [-0.1, -0.05) is 0 Å². The summed E-state index contributed by atoms with van der Waals surface area (Å²) >= 11 is 1.42. The topological polar surface area (TPSA) is 53.4 Å². The summed E-state index contributed by atoms with van der Waals surface area (Å²) in [5.74, 6) is 0. The minimum atomic E-state index is -0.00387. The normalized spacial score (nSPS) is 10.2. The van der Waals surface area contributed by atoms with Crippen LogP contribution in [0.2, 0.25) is 0 Å². The molecule has 1 rings (SSSR count). The first-order valence-corrected chi connectivity index (χ1v) is 3.89. The molecule has 0 spiro atoms. The van der Waals surface area contributed by atoms with E-state index in [0.29, 0.717) is 11.4 Å². The molecule has 0 aromatic carbocycles. The smallest absolute Gasteiger partial charge is 0.118 e. The molecule has 3 nitrogen and oxygen atoms in total. The Bertz CT molecular complexity index is 199. The average Bonchev–Trinajstić information content (AvgIpc) is 2.37. The van der Waals surface area contributed by atoms with Crippen LogP contribution in [-0.4, -0.2) is 21.8 Å². The predicted molar refractivity (Wildman–Crippen MR) is 38.8 cm³/mol. The molecule has 0 saturated carbocycles. The average molecular weight is 159 g/mol. The molecule has 0 bridgehead atoms. The molecule has 0 fully saturated rings. The Morgan fingerprint density at radius 3 is 2.80 bits per heavy atom. The summed E-state index contributed by atoms with van der Waals surface area (Å²) in [6.45, 7) is 0.116. The minimum Gasteiger partial charge on any atom is -0.396 e. The van der Waals surface area contributed by atoms with Crippen molar-refractivity contribution in [2.24, 2.45) is 0 Å². The number of nitrogens with zero attached hydrogens (tertiary/aromatic N) is 1. The van der Waals surface area contributed by atoms with Gasteiger partial charge in [-0.3, -0.25) is 0 Å². The van der Waals surface area contributed by atoms with Crippen molar-refractivity contribution in [3.05, 3.63) is 16.1 Å². The molecule has 0 aliphatic rings. The Morgan fingerprint density at radius 2 is 2.30 bits per heavy atom. The second-order valence-corrected chi connectivity index (χ2v) is 2.81. The van der Waals surface area contributed by atoms with Gasteiger partial charge >= 0.3 is 0 Å². The number of rotatable bonds is 3. The van der Waals surface area contributed by atoms with Crippen LogP contribution in [0.25, 0.3) is 0 Å². The first-order chi connectivity index (χ1) is 4.86. The molecule has 1 aromatic rings. The molecule has 0 atom stereocenters. The lowest BCUT2D eigenvalue weighted by Gasteiger charge is -1.87. The first kappa shape index (κ1) is 7.65. The third-order valence-corrected chi connectivity index (χ3v) is 1.98. The monoisotopic (exact) mass is 159 g/mol. The maximum Gasteiger partial charge on any atom is 0.118 e. The van der Waals surface area contributed by atoms with Gasteiger partial charge in [0.15, 0.2) is 0 Å². The molecule has 0 saturated heterocycles. The van der Waals surface area contributed by atoms with E-state index in [1.807, 2.05) is 5.38 Å². The van der Waals surface area contributed by atoms with Crippen LogP contribution < -0.4 is 0 Å². The van der Waals surface area contributed by atoms with Crippen molar-refractivity contribution in [2.75, 3.05) is 6.61 Å². The Morgan fingerprint density at radius 1 is 1.50 bits per heavy atom. The second-order valence-electron chi connectivity index (χ2n) is 1.86. The number of aliphatic hydroxyl groups excluding tert-OH is 2. The molecule has 0 aliphatic heterocycles. The Kier molecular flexibility index (Phi) is 2.80. The molecule has 2 N–H and O–H groups in total. The Labute approximate surface area is 63.0 Å². The van der Waals surface area contributed by atoms with Crippen LogP contribution in [0.5, 0.6) is 0 Å². The lowest BCUT2D eigenvalue weighted by molar-refractivity contribution is 0.279. The van der Waals surface area contributed by atoms with E-state index in [1.54, 1.807) is 0 Å². The highest BCUT2D eigenvalue weighted by molar-refractivity contribution is 7.09. The molecule has 0 radical (unpaired) electrons. The molecule has 10 heavy (non-hydrogen) atoms. The number of aromatic nitrogens is 1. The maximum atomic E-state index is 8.60. The largest absolute Gasteiger partial charge is 0.396 e. The van der Waals surface area contributed by atoms with Crippen molar-refractivity contribution >= 4 is 11.3 Å². The lowest BCUT2D eigenvalue weighted by atomic mass is 10.4. The van der Waals surface area contributed by atoms with Crippen LogP contribution in [0.4, 0.5) is 0 Å². The van der Waals surface area contributed by atoms with E-state index >= 15 is 0 Å². The summed E-state index contributed by atoms with van der Waals surface area (Å²) in [6, 6.07) is 0. The van der Waals surface area contributed by atoms with E-state index in [2.05, 4.69) is 4.98 Å². The molecule has 1 aromatic heterocycles. The third-order valence-electron chi connectivity index (χ3n) is 1.10. The highest BCUT2D eigenvalue weighted by Crippen LogP contribution is 2.09. The molecular weight excluding hydrogens is 150 g/mol. The molecule has 1 heterocycles. The maximum absolute atomic E-state index is 8.60. The zero-order chi connectivity index (χ0) is 7.40. The van der Waals surface area contributed by atoms with Gasteiger partial charge in [0.05, 0.1) is 12.3 Å². The fourth-order valence-corrected chi connectivity index (χ4v) is 1.34. The van der Waals surface area contributed by atoms with Crippen molar-refractivity contribution in [3.63, 3.8) is 0 Å². The summed E-state index contributed by atoms with van der Waals surface area (Å²) in [7, 11) is 0. The van der Waals surface area contributed by atoms with Crippen LogP contribution >= 0.6 is 11.3 Å². The zero-order valence-corrected chi connectivity index (χ0v) is 6.27. The van der Waals surface area contributed by atoms with Gasteiger partial charge in [-0.15, -0.1) is 11.3 Å². The van der Waals surface area contributed by atoms with Crippen LogP contribution in [0.1, 0.15) is 10.7 Å². The van der Waals surface area contributed by atoms with Crippen LogP contribution in [0.15, 0.2) is 5.38 Å². The van der Waals surface area contributed by atoms with Gasteiger partial charge in [0.25, 0.3) is 0 Å². The van der Waals surface area contributed by atoms with Gasteiger partial charge in [-0.05, 0) is 0 Å². The van der Waals surface area contributed by atoms with Gasteiger partial charge in [-0.2, -0.15) is 0 Å². The van der Waals surface area contributed by atoms with Crippen molar-refractivity contribution in [1.82, 2.24) is 4.98 Å². The number of thiazole rings is 1. The Hall–Kier alpha value is -0.450. The first-order valence-electron chi connectivity index (χ1n) is 3.02. The predicted octanol–water partition coefficient (Wildman–Crippen LogP) is 0.170. The minimum absolute atomic E-state index is 0.00387. The fraction of sp³-hybridized carbons (Fsp3) is 0.500. The molecule has 0 aliphatic carbocycles.